The monoisotopic (exact) mass is 314 g/mol. The summed E-state index contributed by atoms with van der Waals surface area (Å²) >= 11 is 3.39. The summed E-state index contributed by atoms with van der Waals surface area (Å²) in [5.41, 5.74) is 6.55. The highest BCUT2D eigenvalue weighted by atomic mass is 79.9. The first-order chi connectivity index (χ1) is 8.52. The van der Waals surface area contributed by atoms with Gasteiger partial charge in [-0.25, -0.2) is 0 Å². The summed E-state index contributed by atoms with van der Waals surface area (Å²) in [5, 5.41) is 2.80. The van der Waals surface area contributed by atoms with Gasteiger partial charge in [-0.3, -0.25) is 4.79 Å². The van der Waals surface area contributed by atoms with Gasteiger partial charge in [-0.2, -0.15) is 0 Å². The highest BCUT2D eigenvalue weighted by Crippen LogP contribution is 2.25. The van der Waals surface area contributed by atoms with Crippen LogP contribution in [0.25, 0.3) is 0 Å². The van der Waals surface area contributed by atoms with Gasteiger partial charge in [0.1, 0.15) is 5.75 Å². The molecule has 0 fully saturated rings. The van der Waals surface area contributed by atoms with Crippen molar-refractivity contribution < 1.29 is 9.53 Å². The van der Waals surface area contributed by atoms with Gasteiger partial charge in [-0.15, -0.1) is 0 Å². The zero-order valence-corrected chi connectivity index (χ0v) is 12.3. The molecule has 1 rings (SSSR count). The fourth-order valence-corrected chi connectivity index (χ4v) is 1.84. The van der Waals surface area contributed by atoms with Crippen LogP contribution in [0.5, 0.6) is 5.75 Å². The van der Waals surface area contributed by atoms with E-state index in [9.17, 15) is 4.79 Å². The minimum Gasteiger partial charge on any atom is -0.483 e. The Kier molecular flexibility index (Phi) is 6.15. The molecular formula is C13H19BrN2O2. The summed E-state index contributed by atoms with van der Waals surface area (Å²) in [7, 11) is 0. The Hall–Kier alpha value is -1.07. The molecule has 1 aromatic rings. The van der Waals surface area contributed by atoms with Gasteiger partial charge >= 0.3 is 0 Å². The molecule has 1 amide bonds. The van der Waals surface area contributed by atoms with Crippen molar-refractivity contribution in [2.75, 3.05) is 13.2 Å². The number of carbonyl (C=O) groups excluding carboxylic acids is 1. The lowest BCUT2D eigenvalue weighted by molar-refractivity contribution is -0.123. The average molecular weight is 315 g/mol. The van der Waals surface area contributed by atoms with Crippen LogP contribution in [-0.2, 0) is 11.3 Å². The van der Waals surface area contributed by atoms with Crippen LogP contribution in [0.1, 0.15) is 19.4 Å². The van der Waals surface area contributed by atoms with E-state index in [1.165, 1.54) is 0 Å². The number of hydrogen-bond acceptors (Lipinski definition) is 3. The van der Waals surface area contributed by atoms with Crippen molar-refractivity contribution in [3.05, 3.63) is 28.2 Å². The Morgan fingerprint density at radius 3 is 2.78 bits per heavy atom. The second kappa shape index (κ2) is 7.38. The van der Waals surface area contributed by atoms with Crippen molar-refractivity contribution in [3.63, 3.8) is 0 Å². The zero-order valence-electron chi connectivity index (χ0n) is 10.7. The van der Waals surface area contributed by atoms with Crippen LogP contribution in [0.4, 0.5) is 0 Å². The third-order valence-corrected chi connectivity index (χ3v) is 2.92. The highest BCUT2D eigenvalue weighted by molar-refractivity contribution is 9.10. The maximum atomic E-state index is 11.5. The number of ether oxygens (including phenoxy) is 1. The molecule has 0 saturated carbocycles. The van der Waals surface area contributed by atoms with Crippen LogP contribution in [0, 0.1) is 5.92 Å². The van der Waals surface area contributed by atoms with Crippen molar-refractivity contribution in [2.45, 2.75) is 20.4 Å². The van der Waals surface area contributed by atoms with Gasteiger partial charge in [0.15, 0.2) is 6.61 Å². The van der Waals surface area contributed by atoms with E-state index in [2.05, 4.69) is 21.2 Å². The molecule has 1 aromatic carbocycles. The molecule has 0 aliphatic carbocycles. The molecular weight excluding hydrogens is 296 g/mol. The van der Waals surface area contributed by atoms with Crippen LogP contribution in [0.3, 0.4) is 0 Å². The predicted octanol–water partition coefficient (Wildman–Crippen LogP) is 2.06. The Morgan fingerprint density at radius 2 is 2.22 bits per heavy atom. The normalized spacial score (nSPS) is 10.5. The van der Waals surface area contributed by atoms with Crippen molar-refractivity contribution >= 4 is 21.8 Å². The molecule has 0 unspecified atom stereocenters. The zero-order chi connectivity index (χ0) is 13.5. The molecule has 0 atom stereocenters. The SMILES string of the molecule is CC(C)CNC(=O)COc1ccc(CN)cc1Br. The number of rotatable bonds is 6. The van der Waals surface area contributed by atoms with E-state index in [1.807, 2.05) is 32.0 Å². The molecule has 100 valence electrons. The second-order valence-electron chi connectivity index (χ2n) is 4.46. The number of nitrogens with two attached hydrogens (primary N) is 1. The lowest BCUT2D eigenvalue weighted by Gasteiger charge is -2.10. The quantitative estimate of drug-likeness (QED) is 0.844. The predicted molar refractivity (Wildman–Crippen MR) is 75.4 cm³/mol. The minimum atomic E-state index is -0.112. The fourth-order valence-electron chi connectivity index (χ4n) is 1.30. The Balaban J connectivity index is 2.46. The maximum absolute atomic E-state index is 11.5. The smallest absolute Gasteiger partial charge is 0.257 e. The first-order valence-electron chi connectivity index (χ1n) is 5.91. The summed E-state index contributed by atoms with van der Waals surface area (Å²) in [6.07, 6.45) is 0. The standard InChI is InChI=1S/C13H19BrN2O2/c1-9(2)7-16-13(17)8-18-12-4-3-10(6-15)5-11(12)14/h3-5,9H,6-8,15H2,1-2H3,(H,16,17). The summed E-state index contributed by atoms with van der Waals surface area (Å²) < 4.78 is 6.24. The molecule has 0 saturated heterocycles. The number of benzene rings is 1. The first-order valence-corrected chi connectivity index (χ1v) is 6.70. The van der Waals surface area contributed by atoms with E-state index >= 15 is 0 Å². The van der Waals surface area contributed by atoms with Gasteiger partial charge in [0, 0.05) is 13.1 Å². The van der Waals surface area contributed by atoms with E-state index in [0.29, 0.717) is 24.8 Å². The molecule has 3 N–H and O–H groups in total. The van der Waals surface area contributed by atoms with Crippen LogP contribution in [0.2, 0.25) is 0 Å². The Labute approximate surface area is 116 Å². The molecule has 0 aromatic heterocycles. The van der Waals surface area contributed by atoms with Crippen molar-refractivity contribution in [1.82, 2.24) is 5.32 Å². The van der Waals surface area contributed by atoms with Crippen LogP contribution in [-0.4, -0.2) is 19.1 Å². The molecule has 0 radical (unpaired) electrons. The highest BCUT2D eigenvalue weighted by Gasteiger charge is 2.06. The minimum absolute atomic E-state index is 0.0211. The van der Waals surface area contributed by atoms with Crippen LogP contribution < -0.4 is 15.8 Å². The van der Waals surface area contributed by atoms with Gasteiger partial charge in [0.05, 0.1) is 4.47 Å². The third kappa shape index (κ3) is 5.06. The van der Waals surface area contributed by atoms with Crippen LogP contribution in [0.15, 0.2) is 22.7 Å². The molecule has 5 heteroatoms. The lowest BCUT2D eigenvalue weighted by atomic mass is 10.2. The van der Waals surface area contributed by atoms with Crippen molar-refractivity contribution in [2.24, 2.45) is 11.7 Å². The Morgan fingerprint density at radius 1 is 1.50 bits per heavy atom. The molecule has 0 spiro atoms. The average Bonchev–Trinajstić information content (AvgIpc) is 2.34. The summed E-state index contributed by atoms with van der Waals surface area (Å²) in [4.78, 5) is 11.5. The van der Waals surface area contributed by atoms with E-state index in [4.69, 9.17) is 10.5 Å². The fraction of sp³-hybridized carbons (Fsp3) is 0.462. The topological polar surface area (TPSA) is 64.3 Å². The molecule has 18 heavy (non-hydrogen) atoms. The number of hydrogen-bond donors (Lipinski definition) is 2. The van der Waals surface area contributed by atoms with E-state index < -0.39 is 0 Å². The second-order valence-corrected chi connectivity index (χ2v) is 5.31. The van der Waals surface area contributed by atoms with Gasteiger partial charge < -0.3 is 15.8 Å². The van der Waals surface area contributed by atoms with Crippen molar-refractivity contribution in [1.29, 1.82) is 0 Å². The lowest BCUT2D eigenvalue weighted by Crippen LogP contribution is -2.31. The van der Waals surface area contributed by atoms with Gasteiger partial charge in [-0.05, 0) is 39.5 Å². The van der Waals surface area contributed by atoms with E-state index in [-0.39, 0.29) is 12.5 Å². The largest absolute Gasteiger partial charge is 0.483 e. The van der Waals surface area contributed by atoms with E-state index in [1.54, 1.807) is 0 Å². The number of nitrogens with one attached hydrogen (secondary N) is 1. The van der Waals surface area contributed by atoms with Crippen molar-refractivity contribution in [3.8, 4) is 5.75 Å². The van der Waals surface area contributed by atoms with Gasteiger partial charge in [0.25, 0.3) is 5.91 Å². The summed E-state index contributed by atoms with van der Waals surface area (Å²) in [6, 6.07) is 5.58. The number of halogens is 1. The van der Waals surface area contributed by atoms with Gasteiger partial charge in [-0.1, -0.05) is 19.9 Å². The molecule has 0 aliphatic rings. The number of carbonyl (C=O) groups is 1. The molecule has 4 nitrogen and oxygen atoms in total. The summed E-state index contributed by atoms with van der Waals surface area (Å²) in [5.74, 6) is 0.968. The van der Waals surface area contributed by atoms with E-state index in [0.717, 1.165) is 10.0 Å². The molecule has 0 heterocycles. The molecule has 0 bridgehead atoms. The molecule has 0 aliphatic heterocycles. The Bertz CT molecular complexity index is 408. The first kappa shape index (κ1) is 15.0. The summed E-state index contributed by atoms with van der Waals surface area (Å²) in [6.45, 7) is 5.25. The third-order valence-electron chi connectivity index (χ3n) is 2.30. The van der Waals surface area contributed by atoms with Crippen LogP contribution >= 0.6 is 15.9 Å². The van der Waals surface area contributed by atoms with Gasteiger partial charge in [0.2, 0.25) is 0 Å². The maximum Gasteiger partial charge on any atom is 0.257 e. The number of amides is 1.